The number of carbonyl (C=O) groups excluding carboxylic acids is 3. The molecule has 3 aromatic rings. The monoisotopic (exact) mass is 533 g/mol. The number of benzene rings is 1. The van der Waals surface area contributed by atoms with Gasteiger partial charge in [-0.1, -0.05) is 17.7 Å². The molecule has 1 atom stereocenters. The molecule has 0 bridgehead atoms. The van der Waals surface area contributed by atoms with Crippen molar-refractivity contribution in [2.24, 2.45) is 0 Å². The van der Waals surface area contributed by atoms with Gasteiger partial charge in [0.05, 0.1) is 11.6 Å². The van der Waals surface area contributed by atoms with Crippen molar-refractivity contribution in [3.63, 3.8) is 0 Å². The zero-order valence-corrected chi connectivity index (χ0v) is 20.9. The van der Waals surface area contributed by atoms with Crippen molar-refractivity contribution in [3.8, 4) is 11.1 Å². The van der Waals surface area contributed by atoms with E-state index < -0.39 is 53.6 Å². The van der Waals surface area contributed by atoms with Gasteiger partial charge in [-0.15, -0.1) is 0 Å². The number of hydrogen-bond acceptors (Lipinski definition) is 4. The summed E-state index contributed by atoms with van der Waals surface area (Å²) in [6.07, 6.45) is 1.35. The van der Waals surface area contributed by atoms with Gasteiger partial charge in [-0.3, -0.25) is 14.9 Å². The number of alkyl halides is 2. The summed E-state index contributed by atoms with van der Waals surface area (Å²) in [4.78, 5) is 42.4. The van der Waals surface area contributed by atoms with E-state index in [1.807, 2.05) is 36.0 Å². The number of fused-ring (bicyclic) bond motifs is 1. The fourth-order valence-corrected chi connectivity index (χ4v) is 4.94. The number of nitrogens with one attached hydrogen (secondary N) is 2. The summed E-state index contributed by atoms with van der Waals surface area (Å²) in [6, 6.07) is 6.53. The van der Waals surface area contributed by atoms with Gasteiger partial charge < -0.3 is 14.8 Å². The molecule has 4 amide bonds. The van der Waals surface area contributed by atoms with Crippen molar-refractivity contribution in [2.75, 3.05) is 13.1 Å². The molecule has 0 radical (unpaired) electrons. The molecule has 1 aromatic carbocycles. The highest BCUT2D eigenvalue weighted by Gasteiger charge is 2.66. The van der Waals surface area contributed by atoms with Gasteiger partial charge in [0.15, 0.2) is 5.54 Å². The number of pyridine rings is 1. The van der Waals surface area contributed by atoms with Crippen LogP contribution < -0.4 is 10.6 Å². The Bertz CT molecular complexity index is 1480. The third-order valence-electron chi connectivity index (χ3n) is 6.82. The van der Waals surface area contributed by atoms with Crippen LogP contribution in [0.1, 0.15) is 37.7 Å². The van der Waals surface area contributed by atoms with Gasteiger partial charge in [-0.05, 0) is 50.6 Å². The van der Waals surface area contributed by atoms with Gasteiger partial charge in [0.1, 0.15) is 17.2 Å². The van der Waals surface area contributed by atoms with Crippen molar-refractivity contribution in [3.05, 3.63) is 53.1 Å². The summed E-state index contributed by atoms with van der Waals surface area (Å²) in [5.41, 5.74) is -1.27. The Kier molecular flexibility index (Phi) is 5.56. The number of amides is 4. The highest BCUT2D eigenvalue weighted by Crippen LogP contribution is 2.39. The Labute approximate surface area is 214 Å². The molecule has 194 valence electrons. The summed E-state index contributed by atoms with van der Waals surface area (Å²) in [7, 11) is 0. The van der Waals surface area contributed by atoms with E-state index >= 15 is 8.78 Å². The Morgan fingerprint density at radius 1 is 1.16 bits per heavy atom. The first-order chi connectivity index (χ1) is 17.2. The predicted octanol–water partition coefficient (Wildman–Crippen LogP) is 4.31. The van der Waals surface area contributed by atoms with Crippen LogP contribution >= 0.6 is 11.6 Å². The number of imide groups is 1. The van der Waals surface area contributed by atoms with E-state index in [0.29, 0.717) is 22.2 Å². The fourth-order valence-electron chi connectivity index (χ4n) is 4.83. The molecule has 2 saturated heterocycles. The number of rotatable bonds is 2. The summed E-state index contributed by atoms with van der Waals surface area (Å²) >= 11 is 5.84. The normalized spacial score (nSPS) is 21.4. The third kappa shape index (κ3) is 3.92. The SMILES string of the molecule is CC(C)(C)n1cc(-c2ccc(Cl)c(F)c2)c2ccc(C(=O)N3CCC4(NC(=O)NC4=O)C(F)(F)C3)nc21. The highest BCUT2D eigenvalue weighted by atomic mass is 35.5. The average molecular weight is 534 g/mol. The van der Waals surface area contributed by atoms with Crippen LogP contribution in [0.5, 0.6) is 0 Å². The molecule has 1 spiro atoms. The van der Waals surface area contributed by atoms with Crippen LogP contribution in [0, 0.1) is 5.82 Å². The lowest BCUT2D eigenvalue weighted by Gasteiger charge is -2.42. The van der Waals surface area contributed by atoms with Gasteiger partial charge in [-0.2, -0.15) is 0 Å². The second kappa shape index (κ2) is 8.20. The Hall–Kier alpha value is -3.60. The van der Waals surface area contributed by atoms with Crippen LogP contribution in [0.2, 0.25) is 5.02 Å². The number of halogens is 4. The smallest absolute Gasteiger partial charge is 0.322 e. The van der Waals surface area contributed by atoms with Crippen LogP contribution in [-0.2, 0) is 10.3 Å². The molecule has 2 aromatic heterocycles. The summed E-state index contributed by atoms with van der Waals surface area (Å²) < 4.78 is 46.2. The van der Waals surface area contributed by atoms with E-state index in [1.165, 1.54) is 18.2 Å². The molecule has 2 N–H and O–H groups in total. The average Bonchev–Trinajstić information content (AvgIpc) is 3.34. The van der Waals surface area contributed by atoms with Crippen molar-refractivity contribution in [2.45, 2.75) is 44.2 Å². The minimum absolute atomic E-state index is 0.0101. The zero-order valence-electron chi connectivity index (χ0n) is 20.2. The fraction of sp³-hybridized carbons (Fsp3) is 0.360. The van der Waals surface area contributed by atoms with E-state index in [1.54, 1.807) is 18.3 Å². The molecule has 4 heterocycles. The second-order valence-electron chi connectivity index (χ2n) is 10.3. The number of piperidine rings is 1. The van der Waals surface area contributed by atoms with Gasteiger partial charge in [0.25, 0.3) is 17.7 Å². The lowest BCUT2D eigenvalue weighted by atomic mass is 9.84. The Morgan fingerprint density at radius 3 is 2.49 bits per heavy atom. The zero-order chi connectivity index (χ0) is 26.9. The van der Waals surface area contributed by atoms with Crippen LogP contribution in [0.15, 0.2) is 36.5 Å². The van der Waals surface area contributed by atoms with Crippen molar-refractivity contribution < 1.29 is 27.6 Å². The molecule has 5 rings (SSSR count). The van der Waals surface area contributed by atoms with E-state index in [4.69, 9.17) is 11.6 Å². The molecule has 12 heteroatoms. The van der Waals surface area contributed by atoms with Crippen LogP contribution in [0.3, 0.4) is 0 Å². The molecule has 2 aliphatic rings. The quantitative estimate of drug-likeness (QED) is 0.480. The number of likely N-dealkylation sites (tertiary alicyclic amines) is 1. The van der Waals surface area contributed by atoms with Gasteiger partial charge in [0.2, 0.25) is 0 Å². The maximum absolute atomic E-state index is 15.1. The second-order valence-corrected chi connectivity index (χ2v) is 10.7. The molecule has 2 fully saturated rings. The maximum Gasteiger partial charge on any atom is 0.322 e. The van der Waals surface area contributed by atoms with Crippen LogP contribution in [-0.4, -0.2) is 56.8 Å². The standard InChI is InChI=1S/C25H23ClF3N5O3/c1-23(2,3)34-11-15(13-4-6-16(26)17(27)10-13)14-5-7-18(30-19(14)34)20(35)33-9-8-24(25(28,29)12-33)21(36)31-22(37)32-24/h4-7,10-11H,8-9,12H2,1-3H3,(H2,31,32,36,37). The maximum atomic E-state index is 15.1. The number of aromatic nitrogens is 2. The molecule has 2 aliphatic heterocycles. The molecule has 0 aliphatic carbocycles. The number of carbonyl (C=O) groups is 3. The van der Waals surface area contributed by atoms with Crippen LogP contribution in [0.25, 0.3) is 22.2 Å². The molecule has 1 unspecified atom stereocenters. The first kappa shape index (κ1) is 25.1. The Balaban J connectivity index is 1.52. The van der Waals surface area contributed by atoms with Crippen LogP contribution in [0.4, 0.5) is 18.0 Å². The number of urea groups is 1. The number of hydrogen-bond donors (Lipinski definition) is 2. The van der Waals surface area contributed by atoms with Crippen molar-refractivity contribution in [1.29, 1.82) is 0 Å². The van der Waals surface area contributed by atoms with Gasteiger partial charge in [-0.25, -0.2) is 22.9 Å². The molecular formula is C25H23ClF3N5O3. The van der Waals surface area contributed by atoms with E-state index in [2.05, 4.69) is 4.98 Å². The molecule has 8 nitrogen and oxygen atoms in total. The first-order valence-corrected chi connectivity index (χ1v) is 11.9. The Morgan fingerprint density at radius 2 is 1.89 bits per heavy atom. The largest absolute Gasteiger partial charge is 0.331 e. The van der Waals surface area contributed by atoms with Crippen molar-refractivity contribution in [1.82, 2.24) is 25.1 Å². The van der Waals surface area contributed by atoms with Gasteiger partial charge >= 0.3 is 6.03 Å². The summed E-state index contributed by atoms with van der Waals surface area (Å²) in [5.74, 6) is -6.12. The summed E-state index contributed by atoms with van der Waals surface area (Å²) in [6.45, 7) is 4.55. The molecular weight excluding hydrogens is 511 g/mol. The summed E-state index contributed by atoms with van der Waals surface area (Å²) in [5, 5.41) is 4.52. The minimum Gasteiger partial charge on any atom is -0.331 e. The molecule has 0 saturated carbocycles. The first-order valence-electron chi connectivity index (χ1n) is 11.5. The lowest BCUT2D eigenvalue weighted by Crippen LogP contribution is -2.69. The highest BCUT2D eigenvalue weighted by molar-refractivity contribution is 6.30. The predicted molar refractivity (Wildman–Crippen MR) is 130 cm³/mol. The van der Waals surface area contributed by atoms with E-state index in [-0.39, 0.29) is 17.3 Å². The number of nitrogens with zero attached hydrogens (tertiary/aromatic N) is 3. The minimum atomic E-state index is -3.70. The van der Waals surface area contributed by atoms with Gasteiger partial charge in [0, 0.05) is 35.7 Å². The lowest BCUT2D eigenvalue weighted by molar-refractivity contribution is -0.154. The topological polar surface area (TPSA) is 96.3 Å². The molecule has 37 heavy (non-hydrogen) atoms. The van der Waals surface area contributed by atoms with E-state index in [0.717, 1.165) is 4.90 Å². The van der Waals surface area contributed by atoms with Crippen molar-refractivity contribution >= 4 is 40.5 Å². The third-order valence-corrected chi connectivity index (χ3v) is 7.13. The van der Waals surface area contributed by atoms with E-state index in [9.17, 15) is 18.8 Å².